The van der Waals surface area contributed by atoms with Crippen LogP contribution in [0.5, 0.6) is 0 Å². The van der Waals surface area contributed by atoms with Crippen LogP contribution in [0, 0.1) is 6.92 Å². The SMILES string of the molecule is COCCN1CCC(c2ccnc(Nc3ccc(C)cn3)n2)CC1. The van der Waals surface area contributed by atoms with Gasteiger partial charge in [-0.1, -0.05) is 6.07 Å². The number of likely N-dealkylation sites (tertiary alicyclic amines) is 1. The molecule has 1 fully saturated rings. The molecule has 0 aliphatic carbocycles. The molecule has 2 aromatic heterocycles. The first-order valence-electron chi connectivity index (χ1n) is 8.48. The van der Waals surface area contributed by atoms with Gasteiger partial charge in [-0.15, -0.1) is 0 Å². The lowest BCUT2D eigenvalue weighted by Crippen LogP contribution is -2.35. The molecular formula is C18H25N5O. The van der Waals surface area contributed by atoms with Gasteiger partial charge in [-0.05, 0) is 50.6 Å². The number of aromatic nitrogens is 3. The molecule has 24 heavy (non-hydrogen) atoms. The van der Waals surface area contributed by atoms with Gasteiger partial charge in [-0.2, -0.15) is 0 Å². The Bertz CT molecular complexity index is 638. The van der Waals surface area contributed by atoms with Gasteiger partial charge in [0.25, 0.3) is 0 Å². The van der Waals surface area contributed by atoms with Crippen LogP contribution in [-0.4, -0.2) is 53.2 Å². The van der Waals surface area contributed by atoms with Gasteiger partial charge >= 0.3 is 0 Å². The quantitative estimate of drug-likeness (QED) is 0.880. The van der Waals surface area contributed by atoms with E-state index < -0.39 is 0 Å². The fourth-order valence-corrected chi connectivity index (χ4v) is 2.99. The van der Waals surface area contributed by atoms with Gasteiger partial charge in [0.1, 0.15) is 5.82 Å². The van der Waals surface area contributed by atoms with E-state index in [2.05, 4.69) is 20.2 Å². The molecule has 1 aliphatic rings. The van der Waals surface area contributed by atoms with Gasteiger partial charge in [0, 0.05) is 37.7 Å². The molecule has 0 saturated carbocycles. The standard InChI is InChI=1S/C18H25N5O/c1-14-3-4-17(20-13-14)22-18-19-8-5-16(21-18)15-6-9-23(10-7-15)11-12-24-2/h3-5,8,13,15H,6-7,9-12H2,1-2H3,(H,19,20,21,22). The Morgan fingerprint density at radius 2 is 2.04 bits per heavy atom. The van der Waals surface area contributed by atoms with Crippen molar-refractivity contribution < 1.29 is 4.74 Å². The summed E-state index contributed by atoms with van der Waals surface area (Å²) < 4.78 is 5.16. The minimum absolute atomic E-state index is 0.498. The number of pyridine rings is 1. The molecule has 1 N–H and O–H groups in total. The van der Waals surface area contributed by atoms with Crippen LogP contribution in [0.15, 0.2) is 30.6 Å². The van der Waals surface area contributed by atoms with E-state index in [0.717, 1.165) is 56.2 Å². The summed E-state index contributed by atoms with van der Waals surface area (Å²) in [5.41, 5.74) is 2.25. The summed E-state index contributed by atoms with van der Waals surface area (Å²) in [7, 11) is 1.76. The average molecular weight is 327 g/mol. The van der Waals surface area contributed by atoms with Crippen molar-refractivity contribution in [3.63, 3.8) is 0 Å². The molecule has 0 atom stereocenters. The normalized spacial score (nSPS) is 16.2. The van der Waals surface area contributed by atoms with Gasteiger partial charge in [-0.3, -0.25) is 0 Å². The number of piperidine rings is 1. The zero-order chi connectivity index (χ0) is 16.8. The first-order valence-corrected chi connectivity index (χ1v) is 8.48. The minimum Gasteiger partial charge on any atom is -0.383 e. The Kier molecular flexibility index (Phi) is 5.72. The molecule has 0 amide bonds. The maximum Gasteiger partial charge on any atom is 0.228 e. The summed E-state index contributed by atoms with van der Waals surface area (Å²) in [6, 6.07) is 6.00. The van der Waals surface area contributed by atoms with Crippen LogP contribution >= 0.6 is 0 Å². The number of rotatable bonds is 6. The van der Waals surface area contributed by atoms with Crippen LogP contribution in [0.2, 0.25) is 0 Å². The molecule has 6 heteroatoms. The molecule has 3 rings (SSSR count). The van der Waals surface area contributed by atoms with E-state index in [1.165, 1.54) is 0 Å². The van der Waals surface area contributed by atoms with Gasteiger partial charge in [0.15, 0.2) is 0 Å². The van der Waals surface area contributed by atoms with Crippen molar-refractivity contribution in [2.45, 2.75) is 25.7 Å². The first kappa shape index (κ1) is 16.8. The second kappa shape index (κ2) is 8.17. The van der Waals surface area contributed by atoms with Crippen LogP contribution in [0.1, 0.15) is 30.0 Å². The fourth-order valence-electron chi connectivity index (χ4n) is 2.99. The Morgan fingerprint density at radius 1 is 1.21 bits per heavy atom. The Hall–Kier alpha value is -2.05. The molecule has 6 nitrogen and oxygen atoms in total. The molecule has 0 aromatic carbocycles. The summed E-state index contributed by atoms with van der Waals surface area (Å²) in [6.07, 6.45) is 5.92. The number of methoxy groups -OCH3 is 1. The number of anilines is 2. The smallest absolute Gasteiger partial charge is 0.228 e. The van der Waals surface area contributed by atoms with Gasteiger partial charge in [0.05, 0.1) is 6.61 Å². The highest BCUT2D eigenvalue weighted by Gasteiger charge is 2.21. The molecule has 1 aliphatic heterocycles. The summed E-state index contributed by atoms with van der Waals surface area (Å²) in [5, 5.41) is 3.19. The van der Waals surface area contributed by atoms with Crippen LogP contribution in [-0.2, 0) is 4.74 Å². The summed E-state index contributed by atoms with van der Waals surface area (Å²) >= 11 is 0. The van der Waals surface area contributed by atoms with Gasteiger partial charge in [-0.25, -0.2) is 15.0 Å². The summed E-state index contributed by atoms with van der Waals surface area (Å²) in [4.78, 5) is 15.8. The second-order valence-corrected chi connectivity index (χ2v) is 6.26. The van der Waals surface area contributed by atoms with Crippen LogP contribution in [0.25, 0.3) is 0 Å². The second-order valence-electron chi connectivity index (χ2n) is 6.26. The molecule has 0 unspecified atom stereocenters. The number of hydrogen-bond donors (Lipinski definition) is 1. The maximum absolute atomic E-state index is 5.16. The molecular weight excluding hydrogens is 302 g/mol. The van der Waals surface area contributed by atoms with Crippen molar-refractivity contribution in [1.82, 2.24) is 19.9 Å². The maximum atomic E-state index is 5.16. The van der Waals surface area contributed by atoms with E-state index in [-0.39, 0.29) is 0 Å². The highest BCUT2D eigenvalue weighted by molar-refractivity contribution is 5.47. The highest BCUT2D eigenvalue weighted by Crippen LogP contribution is 2.27. The van der Waals surface area contributed by atoms with Crippen LogP contribution in [0.3, 0.4) is 0 Å². The molecule has 128 valence electrons. The average Bonchev–Trinajstić information content (AvgIpc) is 2.63. The van der Waals surface area contributed by atoms with E-state index >= 15 is 0 Å². The predicted molar refractivity (Wildman–Crippen MR) is 94.6 cm³/mol. The lowest BCUT2D eigenvalue weighted by atomic mass is 9.93. The number of nitrogens with zero attached hydrogens (tertiary/aromatic N) is 4. The number of hydrogen-bond acceptors (Lipinski definition) is 6. The number of aryl methyl sites for hydroxylation is 1. The molecule has 3 heterocycles. The Balaban J connectivity index is 1.60. The number of ether oxygens (including phenoxy) is 1. The predicted octanol–water partition coefficient (Wildman–Crippen LogP) is 2.75. The highest BCUT2D eigenvalue weighted by atomic mass is 16.5. The van der Waals surface area contributed by atoms with E-state index in [9.17, 15) is 0 Å². The third kappa shape index (κ3) is 4.49. The van der Waals surface area contributed by atoms with Crippen LogP contribution in [0.4, 0.5) is 11.8 Å². The molecule has 0 bridgehead atoms. The zero-order valence-corrected chi connectivity index (χ0v) is 14.4. The minimum atomic E-state index is 0.498. The van der Waals surface area contributed by atoms with Crippen LogP contribution < -0.4 is 5.32 Å². The fraction of sp³-hybridized carbons (Fsp3) is 0.500. The summed E-state index contributed by atoms with van der Waals surface area (Å²) in [5.74, 6) is 1.89. The zero-order valence-electron chi connectivity index (χ0n) is 14.4. The van der Waals surface area contributed by atoms with Crippen molar-refractivity contribution in [1.29, 1.82) is 0 Å². The monoisotopic (exact) mass is 327 g/mol. The lowest BCUT2D eigenvalue weighted by molar-refractivity contribution is 0.130. The van der Waals surface area contributed by atoms with Crippen molar-refractivity contribution >= 4 is 11.8 Å². The summed E-state index contributed by atoms with van der Waals surface area (Å²) in [6.45, 7) is 6.03. The molecule has 0 spiro atoms. The molecule has 1 saturated heterocycles. The van der Waals surface area contributed by atoms with Gasteiger partial charge in [0.2, 0.25) is 5.95 Å². The molecule has 2 aromatic rings. The van der Waals surface area contributed by atoms with Crippen molar-refractivity contribution in [2.75, 3.05) is 38.7 Å². The van der Waals surface area contributed by atoms with E-state index in [0.29, 0.717) is 11.9 Å². The number of nitrogens with one attached hydrogen (secondary N) is 1. The lowest BCUT2D eigenvalue weighted by Gasteiger charge is -2.31. The van der Waals surface area contributed by atoms with Crippen molar-refractivity contribution in [3.05, 3.63) is 41.9 Å². The molecule has 0 radical (unpaired) electrons. The largest absolute Gasteiger partial charge is 0.383 e. The van der Waals surface area contributed by atoms with E-state index in [1.54, 1.807) is 7.11 Å². The first-order chi connectivity index (χ1) is 11.7. The van der Waals surface area contributed by atoms with Gasteiger partial charge < -0.3 is 15.0 Å². The van der Waals surface area contributed by atoms with Crippen molar-refractivity contribution in [2.24, 2.45) is 0 Å². The third-order valence-corrected chi connectivity index (χ3v) is 4.45. The Labute approximate surface area is 143 Å². The topological polar surface area (TPSA) is 63.2 Å². The van der Waals surface area contributed by atoms with E-state index in [4.69, 9.17) is 9.72 Å². The van der Waals surface area contributed by atoms with E-state index in [1.807, 2.05) is 37.5 Å². The van der Waals surface area contributed by atoms with Crippen molar-refractivity contribution in [3.8, 4) is 0 Å². The Morgan fingerprint density at radius 3 is 2.75 bits per heavy atom. The third-order valence-electron chi connectivity index (χ3n) is 4.45.